The van der Waals surface area contributed by atoms with Gasteiger partial charge in [0.05, 0.1) is 25.2 Å². The zero-order valence-electron chi connectivity index (χ0n) is 9.45. The maximum absolute atomic E-state index is 11.4. The van der Waals surface area contributed by atoms with Gasteiger partial charge in [0.1, 0.15) is 0 Å². The van der Waals surface area contributed by atoms with E-state index in [1.807, 2.05) is 0 Å². The minimum atomic E-state index is -0.669. The zero-order valence-corrected chi connectivity index (χ0v) is 9.45. The van der Waals surface area contributed by atoms with Crippen molar-refractivity contribution >= 4 is 5.91 Å². The van der Waals surface area contributed by atoms with Crippen molar-refractivity contribution in [1.29, 1.82) is 0 Å². The van der Waals surface area contributed by atoms with Gasteiger partial charge >= 0.3 is 0 Å². The van der Waals surface area contributed by atoms with Gasteiger partial charge in [-0.1, -0.05) is 0 Å². The lowest BCUT2D eigenvalue weighted by Gasteiger charge is -2.24. The fourth-order valence-corrected chi connectivity index (χ4v) is 1.45. The normalized spacial score (nSPS) is 26.8. The number of amides is 1. The topological polar surface area (TPSA) is 67.8 Å². The largest absolute Gasteiger partial charge is 0.394 e. The Labute approximate surface area is 89.8 Å². The van der Waals surface area contributed by atoms with Crippen LogP contribution < -0.4 is 5.32 Å². The van der Waals surface area contributed by atoms with Gasteiger partial charge in [-0.3, -0.25) is 4.79 Å². The second-order valence-electron chi connectivity index (χ2n) is 4.24. The third kappa shape index (κ3) is 3.44. The standard InChI is InChI=1S/C10H19NO4/c1-10(2,14-3)15-6-7-4-8(5-12)11-9(7)13/h7-8,12H,4-6H2,1-3H3,(H,11,13)/t7?,8-/m0/s1. The van der Waals surface area contributed by atoms with Gasteiger partial charge in [0.15, 0.2) is 5.79 Å². The van der Waals surface area contributed by atoms with Crippen LogP contribution in [0.25, 0.3) is 0 Å². The number of rotatable bonds is 5. The molecule has 1 amide bonds. The molecule has 1 aliphatic rings. The lowest BCUT2D eigenvalue weighted by atomic mass is 10.1. The molecular weight excluding hydrogens is 198 g/mol. The van der Waals surface area contributed by atoms with Crippen LogP contribution in [0, 0.1) is 5.92 Å². The van der Waals surface area contributed by atoms with Crippen molar-refractivity contribution in [3.05, 3.63) is 0 Å². The molecule has 0 radical (unpaired) electrons. The van der Waals surface area contributed by atoms with E-state index in [-0.39, 0.29) is 24.5 Å². The SMILES string of the molecule is COC(C)(C)OCC1C[C@@H](CO)NC1=O. The molecule has 0 spiro atoms. The van der Waals surface area contributed by atoms with Crippen molar-refractivity contribution < 1.29 is 19.4 Å². The summed E-state index contributed by atoms with van der Waals surface area (Å²) < 4.78 is 10.5. The lowest BCUT2D eigenvalue weighted by Crippen LogP contribution is -2.32. The van der Waals surface area contributed by atoms with Gasteiger partial charge in [-0.25, -0.2) is 0 Å². The van der Waals surface area contributed by atoms with Crippen LogP contribution in [0.4, 0.5) is 0 Å². The average Bonchev–Trinajstić information content (AvgIpc) is 2.57. The van der Waals surface area contributed by atoms with E-state index in [0.29, 0.717) is 13.0 Å². The van der Waals surface area contributed by atoms with E-state index in [1.54, 1.807) is 21.0 Å². The molecule has 5 nitrogen and oxygen atoms in total. The first-order chi connectivity index (χ1) is 6.98. The summed E-state index contributed by atoms with van der Waals surface area (Å²) in [5.41, 5.74) is 0. The Bertz CT molecular complexity index is 229. The van der Waals surface area contributed by atoms with Gasteiger partial charge in [0.25, 0.3) is 0 Å². The first-order valence-corrected chi connectivity index (χ1v) is 5.09. The van der Waals surface area contributed by atoms with Gasteiger partial charge in [0.2, 0.25) is 5.91 Å². The summed E-state index contributed by atoms with van der Waals surface area (Å²) in [6.45, 7) is 3.89. The van der Waals surface area contributed by atoms with E-state index < -0.39 is 5.79 Å². The van der Waals surface area contributed by atoms with Gasteiger partial charge < -0.3 is 19.9 Å². The molecule has 15 heavy (non-hydrogen) atoms. The van der Waals surface area contributed by atoms with Crippen LogP contribution in [0.3, 0.4) is 0 Å². The van der Waals surface area contributed by atoms with Crippen molar-refractivity contribution in [2.75, 3.05) is 20.3 Å². The van der Waals surface area contributed by atoms with Gasteiger partial charge in [-0.15, -0.1) is 0 Å². The summed E-state index contributed by atoms with van der Waals surface area (Å²) in [5.74, 6) is -0.907. The minimum absolute atomic E-state index is 0.0179. The third-order valence-electron chi connectivity index (χ3n) is 2.63. The molecule has 1 heterocycles. The molecule has 2 N–H and O–H groups in total. The molecule has 0 aliphatic carbocycles. The Balaban J connectivity index is 2.37. The highest BCUT2D eigenvalue weighted by Crippen LogP contribution is 2.19. The van der Waals surface area contributed by atoms with E-state index in [1.165, 1.54) is 0 Å². The number of aliphatic hydroxyl groups is 1. The predicted octanol–water partition coefficient (Wildman–Crippen LogP) is -0.118. The molecule has 0 bridgehead atoms. The van der Waals surface area contributed by atoms with Crippen molar-refractivity contribution in [3.63, 3.8) is 0 Å². The summed E-state index contributed by atoms with van der Waals surface area (Å²) in [7, 11) is 1.56. The minimum Gasteiger partial charge on any atom is -0.394 e. The number of hydrogen-bond acceptors (Lipinski definition) is 4. The molecule has 0 aromatic rings. The zero-order chi connectivity index (χ0) is 11.5. The highest BCUT2D eigenvalue weighted by Gasteiger charge is 2.33. The molecule has 1 rings (SSSR count). The molecule has 1 fully saturated rings. The Morgan fingerprint density at radius 3 is 2.73 bits per heavy atom. The lowest BCUT2D eigenvalue weighted by molar-refractivity contribution is -0.203. The van der Waals surface area contributed by atoms with Crippen LogP contribution in [-0.2, 0) is 14.3 Å². The molecule has 0 aromatic heterocycles. The highest BCUT2D eigenvalue weighted by molar-refractivity contribution is 5.81. The molecule has 0 saturated carbocycles. The van der Waals surface area contributed by atoms with Crippen LogP contribution in [0.15, 0.2) is 0 Å². The first kappa shape index (κ1) is 12.4. The Morgan fingerprint density at radius 1 is 1.60 bits per heavy atom. The second-order valence-corrected chi connectivity index (χ2v) is 4.24. The average molecular weight is 217 g/mol. The molecule has 5 heteroatoms. The molecule has 88 valence electrons. The van der Waals surface area contributed by atoms with E-state index >= 15 is 0 Å². The predicted molar refractivity (Wildman–Crippen MR) is 54.2 cm³/mol. The number of carbonyl (C=O) groups excluding carboxylic acids is 1. The van der Waals surface area contributed by atoms with Crippen LogP contribution in [0.1, 0.15) is 20.3 Å². The summed E-state index contributed by atoms with van der Waals surface area (Å²) in [6, 6.07) is -0.128. The molecule has 0 aromatic carbocycles. The summed E-state index contributed by atoms with van der Waals surface area (Å²) in [5, 5.41) is 11.6. The molecule has 1 aliphatic heterocycles. The van der Waals surface area contributed by atoms with Crippen LogP contribution >= 0.6 is 0 Å². The number of nitrogens with one attached hydrogen (secondary N) is 1. The number of aliphatic hydroxyl groups excluding tert-OH is 1. The summed E-state index contributed by atoms with van der Waals surface area (Å²) in [4.78, 5) is 11.4. The Hall–Kier alpha value is -0.650. The number of ether oxygens (including phenoxy) is 2. The fraction of sp³-hybridized carbons (Fsp3) is 0.900. The molecule has 1 unspecified atom stereocenters. The van der Waals surface area contributed by atoms with E-state index in [4.69, 9.17) is 14.6 Å². The molecule has 1 saturated heterocycles. The van der Waals surface area contributed by atoms with Gasteiger partial charge in [-0.05, 0) is 20.3 Å². The number of methoxy groups -OCH3 is 1. The summed E-state index contributed by atoms with van der Waals surface area (Å²) in [6.07, 6.45) is 0.620. The van der Waals surface area contributed by atoms with E-state index in [0.717, 1.165) is 0 Å². The third-order valence-corrected chi connectivity index (χ3v) is 2.63. The van der Waals surface area contributed by atoms with Gasteiger partial charge in [0, 0.05) is 7.11 Å². The number of carbonyl (C=O) groups is 1. The van der Waals surface area contributed by atoms with E-state index in [2.05, 4.69) is 5.32 Å². The molecule has 2 atom stereocenters. The maximum Gasteiger partial charge on any atom is 0.225 e. The summed E-state index contributed by atoms with van der Waals surface area (Å²) >= 11 is 0. The van der Waals surface area contributed by atoms with Crippen LogP contribution in [-0.4, -0.2) is 43.2 Å². The van der Waals surface area contributed by atoms with E-state index in [9.17, 15) is 4.79 Å². The Morgan fingerprint density at radius 2 is 2.27 bits per heavy atom. The first-order valence-electron chi connectivity index (χ1n) is 5.09. The fourth-order valence-electron chi connectivity index (χ4n) is 1.45. The quantitative estimate of drug-likeness (QED) is 0.630. The van der Waals surface area contributed by atoms with Crippen molar-refractivity contribution in [1.82, 2.24) is 5.32 Å². The van der Waals surface area contributed by atoms with Crippen molar-refractivity contribution in [3.8, 4) is 0 Å². The van der Waals surface area contributed by atoms with Crippen molar-refractivity contribution in [2.45, 2.75) is 32.1 Å². The maximum atomic E-state index is 11.4. The smallest absolute Gasteiger partial charge is 0.225 e. The number of hydrogen-bond donors (Lipinski definition) is 2. The molecular formula is C10H19NO4. The van der Waals surface area contributed by atoms with Crippen LogP contribution in [0.5, 0.6) is 0 Å². The highest BCUT2D eigenvalue weighted by atomic mass is 16.7. The monoisotopic (exact) mass is 217 g/mol. The second kappa shape index (κ2) is 4.92. The Kier molecular flexibility index (Phi) is 4.07. The van der Waals surface area contributed by atoms with Crippen molar-refractivity contribution in [2.24, 2.45) is 5.92 Å². The van der Waals surface area contributed by atoms with Crippen LogP contribution in [0.2, 0.25) is 0 Å². The van der Waals surface area contributed by atoms with Gasteiger partial charge in [-0.2, -0.15) is 0 Å².